The summed E-state index contributed by atoms with van der Waals surface area (Å²) in [5.41, 5.74) is -7.53. The van der Waals surface area contributed by atoms with Gasteiger partial charge in [0.1, 0.15) is 17.2 Å². The maximum Gasteiger partial charge on any atom is 0.509 e. The summed E-state index contributed by atoms with van der Waals surface area (Å²) in [6.07, 6.45) is -23.0. The number of benzene rings is 3. The molecule has 0 aliphatic rings. The monoisotopic (exact) mass is 829 g/mol. The van der Waals surface area contributed by atoms with E-state index in [-0.39, 0.29) is 46.2 Å². The van der Waals surface area contributed by atoms with E-state index in [1.165, 1.54) is 26.8 Å². The van der Waals surface area contributed by atoms with Gasteiger partial charge in [-0.1, -0.05) is 19.9 Å². The van der Waals surface area contributed by atoms with Crippen LogP contribution < -0.4 is 4.74 Å². The van der Waals surface area contributed by atoms with Gasteiger partial charge in [0.2, 0.25) is 0 Å². The molecule has 3 aromatic rings. The minimum Gasteiger partial charge on any atom is -0.496 e. The number of aliphatic hydroxyl groups excluding tert-OH is 2. The van der Waals surface area contributed by atoms with E-state index in [9.17, 15) is 59.3 Å². The Hall–Kier alpha value is -4.78. The molecule has 9 nitrogen and oxygen atoms in total. The van der Waals surface area contributed by atoms with Crippen LogP contribution in [0.2, 0.25) is 0 Å². The van der Waals surface area contributed by atoms with Crippen molar-refractivity contribution < 1.29 is 82.7 Å². The van der Waals surface area contributed by atoms with Crippen molar-refractivity contribution in [1.82, 2.24) is 4.90 Å². The smallest absolute Gasteiger partial charge is 0.496 e. The van der Waals surface area contributed by atoms with Gasteiger partial charge in [0.25, 0.3) is 0 Å². The van der Waals surface area contributed by atoms with Crippen LogP contribution in [-0.2, 0) is 39.3 Å². The highest BCUT2D eigenvalue weighted by Crippen LogP contribution is 2.42. The first-order valence-electron chi connectivity index (χ1n) is 17.1. The Morgan fingerprint density at radius 1 is 0.737 bits per heavy atom. The second kappa shape index (κ2) is 17.8. The van der Waals surface area contributed by atoms with Crippen molar-refractivity contribution >= 4 is 12.2 Å². The van der Waals surface area contributed by atoms with Gasteiger partial charge in [-0.05, 0) is 92.3 Å². The zero-order valence-corrected chi connectivity index (χ0v) is 31.6. The maximum atomic E-state index is 15.0. The molecule has 57 heavy (non-hydrogen) atoms. The Morgan fingerprint density at radius 3 is 1.74 bits per heavy atom. The van der Waals surface area contributed by atoms with Crippen LogP contribution in [0, 0.1) is 5.82 Å². The lowest BCUT2D eigenvalue weighted by molar-refractivity contribution is -0.143. The fourth-order valence-corrected chi connectivity index (χ4v) is 5.59. The summed E-state index contributed by atoms with van der Waals surface area (Å²) in [5.74, 6) is -1.31. The molecule has 0 fully saturated rings. The first-order chi connectivity index (χ1) is 26.1. The molecule has 0 aliphatic heterocycles. The lowest BCUT2D eigenvalue weighted by Crippen LogP contribution is -2.45. The maximum absolute atomic E-state index is 15.0. The van der Waals surface area contributed by atoms with Gasteiger partial charge >= 0.3 is 30.8 Å². The largest absolute Gasteiger partial charge is 0.509 e. The van der Waals surface area contributed by atoms with Gasteiger partial charge in [0, 0.05) is 11.6 Å². The number of hydrogen-bond donors (Lipinski definition) is 2. The molecule has 0 spiro atoms. The number of nitrogens with zero attached hydrogens (tertiary/aromatic N) is 1. The highest BCUT2D eigenvalue weighted by Gasteiger charge is 2.41. The van der Waals surface area contributed by atoms with Crippen molar-refractivity contribution in [1.29, 1.82) is 0 Å². The normalized spacial score (nSPS) is 13.7. The van der Waals surface area contributed by atoms with Gasteiger partial charge in [0.15, 0.2) is 12.2 Å². The van der Waals surface area contributed by atoms with Crippen molar-refractivity contribution in [2.75, 3.05) is 20.3 Å². The van der Waals surface area contributed by atoms with Crippen LogP contribution >= 0.6 is 0 Å². The first kappa shape index (κ1) is 46.6. The Morgan fingerprint density at radius 2 is 1.28 bits per heavy atom. The van der Waals surface area contributed by atoms with E-state index in [1.54, 1.807) is 13.8 Å². The number of alkyl halides is 9. The summed E-state index contributed by atoms with van der Waals surface area (Å²) >= 11 is 0. The molecular weight excluding hydrogens is 788 g/mol. The van der Waals surface area contributed by atoms with Crippen molar-refractivity contribution in [3.8, 4) is 16.9 Å². The fraction of sp³-hybridized carbons (Fsp3) is 0.474. The number of halogens is 10. The van der Waals surface area contributed by atoms with Crippen LogP contribution in [0.4, 0.5) is 53.5 Å². The minimum absolute atomic E-state index is 0.0474. The lowest BCUT2D eigenvalue weighted by atomic mass is 9.91. The van der Waals surface area contributed by atoms with E-state index in [0.717, 1.165) is 26.2 Å². The number of amides is 1. The van der Waals surface area contributed by atoms with Crippen molar-refractivity contribution in [2.24, 2.45) is 0 Å². The molecule has 2 atom stereocenters. The molecule has 0 saturated carbocycles. The molecule has 2 unspecified atom stereocenters. The number of hydrogen-bond acceptors (Lipinski definition) is 8. The standard InChI is InChI=1S/C38H41F10NO8/c1-19(2)28-14-29(31(54-7)15-30(28)39)27-9-8-23(36(40,41)42)12-22(27)16-49(33(52)57-35(4,5)6)20(3)32(56-34(53)55-26(17-50)18-51)21-10-24(37(43,44)45)13-25(11-21)38(46,47)48/h8-15,19-20,26,32,50-51H,16-18H2,1-7H3. The van der Waals surface area contributed by atoms with E-state index < -0.39 is 108 Å². The molecule has 3 aromatic carbocycles. The number of rotatable bonds is 12. The fourth-order valence-electron chi connectivity index (χ4n) is 5.59. The third-order valence-corrected chi connectivity index (χ3v) is 8.39. The molecule has 19 heteroatoms. The second-order valence-electron chi connectivity index (χ2n) is 14.2. The Labute approximate surface area is 321 Å². The number of methoxy groups -OCH3 is 1. The Bertz CT molecular complexity index is 1850. The average molecular weight is 830 g/mol. The van der Waals surface area contributed by atoms with Crippen molar-refractivity contribution in [3.63, 3.8) is 0 Å². The average Bonchev–Trinajstić information content (AvgIpc) is 3.09. The molecule has 0 radical (unpaired) electrons. The van der Waals surface area contributed by atoms with Gasteiger partial charge in [-0.15, -0.1) is 0 Å². The van der Waals surface area contributed by atoms with Gasteiger partial charge in [-0.2, -0.15) is 39.5 Å². The summed E-state index contributed by atoms with van der Waals surface area (Å²) in [5, 5.41) is 18.8. The van der Waals surface area contributed by atoms with Crippen LogP contribution in [0.3, 0.4) is 0 Å². The molecule has 0 aromatic heterocycles. The lowest BCUT2D eigenvalue weighted by Gasteiger charge is -2.36. The highest BCUT2D eigenvalue weighted by atomic mass is 19.4. The summed E-state index contributed by atoms with van der Waals surface area (Å²) in [6, 6.07) is 2.95. The van der Waals surface area contributed by atoms with Gasteiger partial charge in [-0.3, -0.25) is 4.90 Å². The zero-order valence-electron chi connectivity index (χ0n) is 31.6. The number of aliphatic hydroxyl groups is 2. The van der Waals surface area contributed by atoms with Crippen LogP contribution in [0.1, 0.15) is 86.9 Å². The second-order valence-corrected chi connectivity index (χ2v) is 14.2. The van der Waals surface area contributed by atoms with Crippen molar-refractivity contribution in [3.05, 3.63) is 87.7 Å². The SMILES string of the molecule is COc1cc(F)c(C(C)C)cc1-c1ccc(C(F)(F)F)cc1CN(C(=O)OC(C)(C)C)C(C)C(OC(=O)OC(CO)CO)c1cc(C(F)(F)F)cc(C(F)(F)F)c1. The molecule has 1 amide bonds. The third-order valence-electron chi connectivity index (χ3n) is 8.39. The Balaban J connectivity index is 2.42. The van der Waals surface area contributed by atoms with E-state index in [2.05, 4.69) is 0 Å². The molecule has 316 valence electrons. The van der Waals surface area contributed by atoms with Gasteiger partial charge < -0.3 is 29.2 Å². The van der Waals surface area contributed by atoms with Crippen molar-refractivity contribution in [2.45, 2.75) is 96.4 Å². The molecule has 0 saturated heterocycles. The molecule has 0 aliphatic carbocycles. The first-order valence-corrected chi connectivity index (χ1v) is 17.1. The predicted octanol–water partition coefficient (Wildman–Crippen LogP) is 10.1. The summed E-state index contributed by atoms with van der Waals surface area (Å²) in [7, 11) is 1.16. The number of ether oxygens (including phenoxy) is 4. The molecule has 0 bridgehead atoms. The van der Waals surface area contributed by atoms with Crippen LogP contribution in [-0.4, -0.2) is 65.4 Å². The minimum atomic E-state index is -5.40. The van der Waals surface area contributed by atoms with Crippen LogP contribution in [0.15, 0.2) is 48.5 Å². The van der Waals surface area contributed by atoms with E-state index in [0.29, 0.717) is 17.0 Å². The van der Waals surface area contributed by atoms with E-state index in [1.807, 2.05) is 0 Å². The quantitative estimate of drug-likeness (QED) is 0.137. The zero-order chi connectivity index (χ0) is 43.4. The molecule has 3 rings (SSSR count). The third kappa shape index (κ3) is 12.1. The van der Waals surface area contributed by atoms with Crippen LogP contribution in [0.25, 0.3) is 11.1 Å². The number of carbonyl (C=O) groups excluding carboxylic acids is 2. The van der Waals surface area contributed by atoms with E-state index in [4.69, 9.17) is 18.9 Å². The molecule has 2 N–H and O–H groups in total. The highest BCUT2D eigenvalue weighted by molar-refractivity contribution is 5.76. The van der Waals surface area contributed by atoms with Gasteiger partial charge in [-0.25, -0.2) is 14.0 Å². The number of carbonyl (C=O) groups is 2. The van der Waals surface area contributed by atoms with E-state index >= 15 is 4.39 Å². The van der Waals surface area contributed by atoms with Gasteiger partial charge in [0.05, 0.1) is 49.6 Å². The molecular formula is C38H41F10NO8. The summed E-state index contributed by atoms with van der Waals surface area (Å²) in [6.45, 7) is 5.51. The molecule has 0 heterocycles. The summed E-state index contributed by atoms with van der Waals surface area (Å²) in [4.78, 5) is 27.6. The summed E-state index contributed by atoms with van der Waals surface area (Å²) < 4.78 is 163. The van der Waals surface area contributed by atoms with Crippen LogP contribution in [0.5, 0.6) is 5.75 Å². The predicted molar refractivity (Wildman–Crippen MR) is 183 cm³/mol. The Kier molecular flexibility index (Phi) is 14.5. The topological polar surface area (TPSA) is 115 Å².